The summed E-state index contributed by atoms with van der Waals surface area (Å²) in [4.78, 5) is 0. The summed E-state index contributed by atoms with van der Waals surface area (Å²) in [5.41, 5.74) is 0. The molecule has 0 aromatic heterocycles. The maximum atomic E-state index is 2.33. The molecule has 29 heavy (non-hydrogen) atoms. The average Bonchev–Trinajstić information content (AvgIpc) is 3.62. The van der Waals surface area contributed by atoms with Crippen LogP contribution in [0.25, 0.3) is 0 Å². The lowest BCUT2D eigenvalue weighted by Gasteiger charge is -2.03. The van der Waals surface area contributed by atoms with Gasteiger partial charge in [0, 0.05) is 0 Å². The van der Waals surface area contributed by atoms with Crippen LogP contribution in [-0.2, 0) is 0 Å². The molecule has 0 N–H and O–H groups in total. The Morgan fingerprint density at radius 3 is 0.966 bits per heavy atom. The van der Waals surface area contributed by atoms with Crippen LogP contribution in [0.3, 0.4) is 0 Å². The van der Waals surface area contributed by atoms with Crippen molar-refractivity contribution < 1.29 is 0 Å². The van der Waals surface area contributed by atoms with Crippen LogP contribution in [0.4, 0.5) is 0 Å². The van der Waals surface area contributed by atoms with Gasteiger partial charge in [0.2, 0.25) is 0 Å². The standard InChI is InChI=1S/C22H42.C6H14.CH4/c1-3-5-13-19-17-21(19)15-11-9-7-8-10-12-16-22-18-20(22)14-6-4-2;1-3-5-6-4-2;/h19-22H,3-18H2,1-2H3;3-6H2,1-2H3;1H4. The third-order valence-corrected chi connectivity index (χ3v) is 7.35. The lowest BCUT2D eigenvalue weighted by molar-refractivity contribution is 0.509. The van der Waals surface area contributed by atoms with Crippen LogP contribution < -0.4 is 0 Å². The Labute approximate surface area is 187 Å². The maximum absolute atomic E-state index is 2.33. The van der Waals surface area contributed by atoms with Gasteiger partial charge in [-0.05, 0) is 36.5 Å². The molecule has 0 aliphatic heterocycles. The van der Waals surface area contributed by atoms with Gasteiger partial charge in [-0.2, -0.15) is 0 Å². The van der Waals surface area contributed by atoms with Gasteiger partial charge >= 0.3 is 0 Å². The van der Waals surface area contributed by atoms with Crippen LogP contribution in [0, 0.1) is 23.7 Å². The summed E-state index contributed by atoms with van der Waals surface area (Å²) in [5, 5.41) is 0. The number of rotatable bonds is 18. The van der Waals surface area contributed by atoms with E-state index in [1.807, 2.05) is 0 Å². The van der Waals surface area contributed by atoms with Crippen molar-refractivity contribution in [2.45, 2.75) is 164 Å². The highest BCUT2D eigenvalue weighted by atomic mass is 14.4. The zero-order valence-corrected chi connectivity index (χ0v) is 20.5. The predicted molar refractivity (Wildman–Crippen MR) is 136 cm³/mol. The van der Waals surface area contributed by atoms with E-state index in [4.69, 9.17) is 0 Å². The molecular weight excluding hydrogens is 348 g/mol. The van der Waals surface area contributed by atoms with Crippen molar-refractivity contribution >= 4 is 0 Å². The fourth-order valence-corrected chi connectivity index (χ4v) is 4.99. The van der Waals surface area contributed by atoms with E-state index in [9.17, 15) is 0 Å². The Morgan fingerprint density at radius 1 is 0.379 bits per heavy atom. The Bertz CT molecular complexity index is 288. The van der Waals surface area contributed by atoms with Crippen LogP contribution in [0.2, 0.25) is 0 Å². The molecule has 0 amide bonds. The van der Waals surface area contributed by atoms with Crippen molar-refractivity contribution in [2.75, 3.05) is 0 Å². The first-order chi connectivity index (χ1) is 13.8. The average molecular weight is 409 g/mol. The van der Waals surface area contributed by atoms with Gasteiger partial charge in [-0.3, -0.25) is 0 Å². The topological polar surface area (TPSA) is 0 Å². The predicted octanol–water partition coefficient (Wildman–Crippen LogP) is 11.0. The summed E-state index contributed by atoms with van der Waals surface area (Å²) >= 11 is 0. The fourth-order valence-electron chi connectivity index (χ4n) is 4.99. The molecule has 0 bridgehead atoms. The molecule has 4 atom stereocenters. The van der Waals surface area contributed by atoms with Crippen molar-refractivity contribution in [3.63, 3.8) is 0 Å². The molecule has 4 unspecified atom stereocenters. The largest absolute Gasteiger partial charge is 0.0776 e. The van der Waals surface area contributed by atoms with Gasteiger partial charge in [0.1, 0.15) is 0 Å². The Kier molecular flexibility index (Phi) is 19.9. The first-order valence-corrected chi connectivity index (χ1v) is 13.8. The molecule has 2 aliphatic carbocycles. The van der Waals surface area contributed by atoms with Crippen LogP contribution >= 0.6 is 0 Å². The Morgan fingerprint density at radius 2 is 0.655 bits per heavy atom. The van der Waals surface area contributed by atoms with Gasteiger partial charge in [0.05, 0.1) is 0 Å². The van der Waals surface area contributed by atoms with Crippen LogP contribution in [0.1, 0.15) is 164 Å². The normalized spacial score (nSPS) is 24.4. The zero-order valence-electron chi connectivity index (χ0n) is 20.5. The molecule has 0 saturated heterocycles. The van der Waals surface area contributed by atoms with E-state index in [0.717, 1.165) is 23.7 Å². The van der Waals surface area contributed by atoms with E-state index in [2.05, 4.69) is 27.7 Å². The summed E-state index contributed by atoms with van der Waals surface area (Å²) in [6.07, 6.45) is 29.7. The Hall–Kier alpha value is 0. The molecule has 2 saturated carbocycles. The van der Waals surface area contributed by atoms with Crippen LogP contribution in [-0.4, -0.2) is 0 Å². The number of unbranched alkanes of at least 4 members (excludes halogenated alkanes) is 10. The summed E-state index contributed by atoms with van der Waals surface area (Å²) < 4.78 is 0. The van der Waals surface area contributed by atoms with Crippen molar-refractivity contribution in [2.24, 2.45) is 23.7 Å². The summed E-state index contributed by atoms with van der Waals surface area (Å²) in [5.74, 6) is 4.56. The molecule has 0 aromatic rings. The van der Waals surface area contributed by atoms with Gasteiger partial charge < -0.3 is 0 Å². The summed E-state index contributed by atoms with van der Waals surface area (Å²) in [6, 6.07) is 0. The van der Waals surface area contributed by atoms with E-state index in [0.29, 0.717) is 0 Å². The second-order valence-electron chi connectivity index (χ2n) is 10.2. The van der Waals surface area contributed by atoms with E-state index in [1.54, 1.807) is 25.7 Å². The second kappa shape index (κ2) is 19.9. The van der Waals surface area contributed by atoms with Gasteiger partial charge in [-0.15, -0.1) is 0 Å². The molecule has 0 aromatic carbocycles. The zero-order chi connectivity index (χ0) is 20.5. The minimum atomic E-state index is 0. The first-order valence-electron chi connectivity index (χ1n) is 13.8. The van der Waals surface area contributed by atoms with E-state index in [1.165, 1.54) is 103 Å². The summed E-state index contributed by atoms with van der Waals surface area (Å²) in [7, 11) is 0. The molecule has 0 nitrogen and oxygen atoms in total. The molecular formula is C29H60. The lowest BCUT2D eigenvalue weighted by Crippen LogP contribution is -1.87. The highest BCUT2D eigenvalue weighted by Gasteiger charge is 2.35. The van der Waals surface area contributed by atoms with Crippen molar-refractivity contribution in [1.29, 1.82) is 0 Å². The van der Waals surface area contributed by atoms with Gasteiger partial charge in [-0.1, -0.05) is 151 Å². The number of hydrogen-bond donors (Lipinski definition) is 0. The van der Waals surface area contributed by atoms with Crippen molar-refractivity contribution in [3.05, 3.63) is 0 Å². The summed E-state index contributed by atoms with van der Waals surface area (Å²) in [6.45, 7) is 9.11. The molecule has 0 radical (unpaired) electrons. The molecule has 2 rings (SSSR count). The highest BCUT2D eigenvalue weighted by Crippen LogP contribution is 2.46. The molecule has 0 heteroatoms. The van der Waals surface area contributed by atoms with Gasteiger partial charge in [0.25, 0.3) is 0 Å². The Balaban J connectivity index is 0.000000981. The molecule has 176 valence electrons. The van der Waals surface area contributed by atoms with Crippen molar-refractivity contribution in [3.8, 4) is 0 Å². The fraction of sp³-hybridized carbons (Fsp3) is 1.00. The van der Waals surface area contributed by atoms with Crippen LogP contribution in [0.15, 0.2) is 0 Å². The second-order valence-corrected chi connectivity index (χ2v) is 10.2. The molecule has 0 spiro atoms. The molecule has 2 aliphatic rings. The quantitative estimate of drug-likeness (QED) is 0.198. The SMILES string of the molecule is C.CCCCC1CC1CCCCCCCCC1CC1CCCC.CCCCCC. The van der Waals surface area contributed by atoms with Crippen LogP contribution in [0.5, 0.6) is 0 Å². The first kappa shape index (κ1) is 29.0. The van der Waals surface area contributed by atoms with E-state index < -0.39 is 0 Å². The highest BCUT2D eigenvalue weighted by molar-refractivity contribution is 4.86. The monoisotopic (exact) mass is 408 g/mol. The third-order valence-electron chi connectivity index (χ3n) is 7.35. The lowest BCUT2D eigenvalue weighted by atomic mass is 10.0. The van der Waals surface area contributed by atoms with Gasteiger partial charge in [-0.25, -0.2) is 0 Å². The molecule has 0 heterocycles. The van der Waals surface area contributed by atoms with Crippen molar-refractivity contribution in [1.82, 2.24) is 0 Å². The van der Waals surface area contributed by atoms with Gasteiger partial charge in [0.15, 0.2) is 0 Å². The minimum Gasteiger partial charge on any atom is -0.0776 e. The van der Waals surface area contributed by atoms with E-state index >= 15 is 0 Å². The number of hydrogen-bond acceptors (Lipinski definition) is 0. The molecule has 2 fully saturated rings. The smallest absolute Gasteiger partial charge is 0.0383 e. The van der Waals surface area contributed by atoms with E-state index in [-0.39, 0.29) is 7.43 Å². The third kappa shape index (κ3) is 16.4. The minimum absolute atomic E-state index is 0. The maximum Gasteiger partial charge on any atom is -0.0383 e.